The fourth-order valence-corrected chi connectivity index (χ4v) is 4.88. The smallest absolute Gasteiger partial charge is 0.274 e. The van der Waals surface area contributed by atoms with Crippen LogP contribution in [0.2, 0.25) is 0 Å². The fraction of sp³-hybridized carbons (Fsp3) is 0.444. The molecule has 5 nitrogen and oxygen atoms in total. The minimum Gasteiger partial charge on any atom is -0.337 e. The molecule has 1 saturated heterocycles. The van der Waals surface area contributed by atoms with Crippen molar-refractivity contribution in [3.05, 3.63) is 45.4 Å². The molecule has 1 amide bonds. The second-order valence-electron chi connectivity index (χ2n) is 6.53. The summed E-state index contributed by atoms with van der Waals surface area (Å²) in [5, 5.41) is 7.70. The average molecular weight is 375 g/mol. The molecular weight excluding hydrogens is 352 g/mol. The number of thiazole rings is 1. The molecular formula is C18H22N4OS2. The van der Waals surface area contributed by atoms with E-state index < -0.39 is 0 Å². The maximum atomic E-state index is 12.9. The first-order valence-corrected chi connectivity index (χ1v) is 10.5. The molecule has 3 aromatic rings. The first kappa shape index (κ1) is 16.8. The third-order valence-corrected chi connectivity index (χ3v) is 6.32. The van der Waals surface area contributed by atoms with Crippen molar-refractivity contribution >= 4 is 33.5 Å². The zero-order chi connectivity index (χ0) is 17.2. The summed E-state index contributed by atoms with van der Waals surface area (Å²) in [4.78, 5) is 21.7. The number of carbonyl (C=O) groups excluding carboxylic acids is 1. The number of imidazole rings is 1. The third kappa shape index (κ3) is 3.49. The Bertz CT molecular complexity index is 846. The van der Waals surface area contributed by atoms with E-state index in [9.17, 15) is 4.79 Å². The van der Waals surface area contributed by atoms with Gasteiger partial charge in [-0.25, -0.2) is 4.98 Å². The summed E-state index contributed by atoms with van der Waals surface area (Å²) in [5.41, 5.74) is 1.59. The number of hydrogen-bond acceptors (Lipinski definition) is 5. The van der Waals surface area contributed by atoms with Gasteiger partial charge in [0.05, 0.1) is 5.69 Å². The Morgan fingerprint density at radius 3 is 2.92 bits per heavy atom. The Kier molecular flexibility index (Phi) is 4.87. The normalized spacial score (nSPS) is 16.0. The summed E-state index contributed by atoms with van der Waals surface area (Å²) < 4.78 is 2.05. The Labute approximate surface area is 155 Å². The van der Waals surface area contributed by atoms with Crippen LogP contribution in [0.4, 0.5) is 0 Å². The lowest BCUT2D eigenvalue weighted by molar-refractivity contribution is 0.0786. The SMILES string of the molecule is CC(Cc1cccs1)NCc1c(C(=O)N2CCCC2)nc2sccn12. The maximum absolute atomic E-state index is 12.9. The van der Waals surface area contributed by atoms with Crippen molar-refractivity contribution in [3.8, 4) is 0 Å². The van der Waals surface area contributed by atoms with Gasteiger partial charge >= 0.3 is 0 Å². The molecule has 4 rings (SSSR count). The van der Waals surface area contributed by atoms with Crippen LogP contribution in [0.3, 0.4) is 0 Å². The second-order valence-corrected chi connectivity index (χ2v) is 8.43. The predicted octanol–water partition coefficient (Wildman–Crippen LogP) is 3.41. The number of nitrogens with zero attached hydrogens (tertiary/aromatic N) is 3. The van der Waals surface area contributed by atoms with Crippen molar-refractivity contribution in [3.63, 3.8) is 0 Å². The first-order chi connectivity index (χ1) is 12.2. The van der Waals surface area contributed by atoms with Crippen LogP contribution in [0.1, 0.15) is 40.8 Å². The molecule has 132 valence electrons. The predicted molar refractivity (Wildman–Crippen MR) is 103 cm³/mol. The molecule has 7 heteroatoms. The van der Waals surface area contributed by atoms with Crippen LogP contribution in [0.15, 0.2) is 29.1 Å². The Morgan fingerprint density at radius 2 is 2.16 bits per heavy atom. The quantitative estimate of drug-likeness (QED) is 0.719. The summed E-state index contributed by atoms with van der Waals surface area (Å²) in [7, 11) is 0. The summed E-state index contributed by atoms with van der Waals surface area (Å²) in [6.45, 7) is 4.55. The van der Waals surface area contributed by atoms with E-state index in [2.05, 4.69) is 39.1 Å². The minimum absolute atomic E-state index is 0.0797. The molecule has 1 unspecified atom stereocenters. The number of carbonyl (C=O) groups is 1. The van der Waals surface area contributed by atoms with Gasteiger partial charge in [-0.2, -0.15) is 0 Å². The number of fused-ring (bicyclic) bond motifs is 1. The lowest BCUT2D eigenvalue weighted by atomic mass is 10.2. The van der Waals surface area contributed by atoms with Crippen molar-refractivity contribution in [2.75, 3.05) is 13.1 Å². The van der Waals surface area contributed by atoms with Crippen molar-refractivity contribution < 1.29 is 4.79 Å². The van der Waals surface area contributed by atoms with Gasteiger partial charge in [-0.15, -0.1) is 22.7 Å². The summed E-state index contributed by atoms with van der Waals surface area (Å²) >= 11 is 3.36. The molecule has 0 spiro atoms. The van der Waals surface area contributed by atoms with Gasteiger partial charge < -0.3 is 10.2 Å². The number of aromatic nitrogens is 2. The molecule has 0 aromatic carbocycles. The number of rotatable bonds is 6. The maximum Gasteiger partial charge on any atom is 0.274 e. The van der Waals surface area contributed by atoms with Crippen molar-refractivity contribution in [2.24, 2.45) is 0 Å². The van der Waals surface area contributed by atoms with Crippen LogP contribution in [-0.4, -0.2) is 39.3 Å². The van der Waals surface area contributed by atoms with Crippen LogP contribution in [0, 0.1) is 0 Å². The molecule has 0 aliphatic carbocycles. The van der Waals surface area contributed by atoms with Crippen molar-refractivity contribution in [1.82, 2.24) is 19.6 Å². The van der Waals surface area contributed by atoms with E-state index in [1.54, 1.807) is 22.7 Å². The fourth-order valence-electron chi connectivity index (χ4n) is 3.32. The van der Waals surface area contributed by atoms with E-state index in [1.165, 1.54) is 4.88 Å². The molecule has 25 heavy (non-hydrogen) atoms. The van der Waals surface area contributed by atoms with E-state index in [1.807, 2.05) is 16.5 Å². The van der Waals surface area contributed by atoms with Crippen LogP contribution < -0.4 is 5.32 Å². The number of amides is 1. The van der Waals surface area contributed by atoms with E-state index in [0.29, 0.717) is 18.3 Å². The van der Waals surface area contributed by atoms with Crippen LogP contribution >= 0.6 is 22.7 Å². The lowest BCUT2D eigenvalue weighted by Crippen LogP contribution is -2.31. The highest BCUT2D eigenvalue weighted by Crippen LogP contribution is 2.21. The van der Waals surface area contributed by atoms with Crippen LogP contribution in [0.25, 0.3) is 4.96 Å². The lowest BCUT2D eigenvalue weighted by Gasteiger charge is -2.16. The van der Waals surface area contributed by atoms with Gasteiger partial charge in [0.1, 0.15) is 0 Å². The van der Waals surface area contributed by atoms with Gasteiger partial charge in [-0.05, 0) is 37.6 Å². The summed E-state index contributed by atoms with van der Waals surface area (Å²) in [6, 6.07) is 4.60. The molecule has 1 N–H and O–H groups in total. The first-order valence-electron chi connectivity index (χ1n) is 8.72. The van der Waals surface area contributed by atoms with Crippen molar-refractivity contribution in [2.45, 2.75) is 38.8 Å². The van der Waals surface area contributed by atoms with Gasteiger partial charge in [0.25, 0.3) is 5.91 Å². The minimum atomic E-state index is 0.0797. The Hall–Kier alpha value is -1.70. The average Bonchev–Trinajstić information content (AvgIpc) is 3.35. The summed E-state index contributed by atoms with van der Waals surface area (Å²) in [6.07, 6.45) is 5.20. The topological polar surface area (TPSA) is 49.6 Å². The Morgan fingerprint density at radius 1 is 1.32 bits per heavy atom. The second kappa shape index (κ2) is 7.27. The molecule has 0 bridgehead atoms. The van der Waals surface area contributed by atoms with Gasteiger partial charge in [-0.1, -0.05) is 6.07 Å². The van der Waals surface area contributed by atoms with E-state index in [0.717, 1.165) is 43.0 Å². The van der Waals surface area contributed by atoms with E-state index in [4.69, 9.17) is 0 Å². The largest absolute Gasteiger partial charge is 0.337 e. The standard InChI is InChI=1S/C18H22N4OS2/c1-13(11-14-5-4-9-24-14)19-12-15-16(17(23)21-6-2-3-7-21)20-18-22(15)8-10-25-18/h4-5,8-10,13,19H,2-3,6-7,11-12H2,1H3. The zero-order valence-corrected chi connectivity index (χ0v) is 15.9. The molecule has 1 aliphatic rings. The monoisotopic (exact) mass is 374 g/mol. The molecule has 1 atom stereocenters. The molecule has 0 saturated carbocycles. The highest BCUT2D eigenvalue weighted by molar-refractivity contribution is 7.15. The molecule has 3 aromatic heterocycles. The molecule has 1 fully saturated rings. The molecule has 0 radical (unpaired) electrons. The number of hydrogen-bond donors (Lipinski definition) is 1. The van der Waals surface area contributed by atoms with Crippen LogP contribution in [0.5, 0.6) is 0 Å². The molecule has 4 heterocycles. The zero-order valence-electron chi connectivity index (χ0n) is 14.3. The van der Waals surface area contributed by atoms with Gasteiger partial charge in [-0.3, -0.25) is 9.20 Å². The molecule has 1 aliphatic heterocycles. The highest BCUT2D eigenvalue weighted by Gasteiger charge is 2.26. The van der Waals surface area contributed by atoms with Crippen molar-refractivity contribution in [1.29, 1.82) is 0 Å². The van der Waals surface area contributed by atoms with E-state index in [-0.39, 0.29) is 5.91 Å². The summed E-state index contributed by atoms with van der Waals surface area (Å²) in [5.74, 6) is 0.0797. The van der Waals surface area contributed by atoms with Gasteiger partial charge in [0.15, 0.2) is 10.7 Å². The van der Waals surface area contributed by atoms with Gasteiger partial charge in [0, 0.05) is 42.1 Å². The number of nitrogens with one attached hydrogen (secondary N) is 1. The number of likely N-dealkylation sites (tertiary alicyclic amines) is 1. The third-order valence-electron chi connectivity index (χ3n) is 4.66. The Balaban J connectivity index is 1.52. The highest BCUT2D eigenvalue weighted by atomic mass is 32.1. The number of thiophene rings is 1. The van der Waals surface area contributed by atoms with E-state index >= 15 is 0 Å². The van der Waals surface area contributed by atoms with Gasteiger partial charge in [0.2, 0.25) is 0 Å². The van der Waals surface area contributed by atoms with Crippen LogP contribution in [-0.2, 0) is 13.0 Å².